The summed E-state index contributed by atoms with van der Waals surface area (Å²) >= 11 is 0. The summed E-state index contributed by atoms with van der Waals surface area (Å²) in [5, 5.41) is 17.9. The number of fused-ring (bicyclic) bond motifs is 1. The minimum absolute atomic E-state index is 0.195. The summed E-state index contributed by atoms with van der Waals surface area (Å²) in [6.07, 6.45) is 0.136. The molecule has 170 valence electrons. The van der Waals surface area contributed by atoms with Crippen LogP contribution in [0.2, 0.25) is 0 Å². The van der Waals surface area contributed by atoms with E-state index < -0.39 is 17.8 Å². The summed E-state index contributed by atoms with van der Waals surface area (Å²) in [5.41, 5.74) is 0.427. The number of aliphatic hydroxyl groups excluding tert-OH is 1. The maximum absolute atomic E-state index is 13.0. The number of aromatic nitrogens is 3. The zero-order chi connectivity index (χ0) is 23.0. The molecule has 0 unspecified atom stereocenters. The van der Waals surface area contributed by atoms with E-state index in [-0.39, 0.29) is 17.8 Å². The van der Waals surface area contributed by atoms with Gasteiger partial charge >= 0.3 is 6.18 Å². The van der Waals surface area contributed by atoms with Gasteiger partial charge in [-0.1, -0.05) is 6.07 Å². The van der Waals surface area contributed by atoms with Crippen LogP contribution in [0.25, 0.3) is 10.9 Å². The Morgan fingerprint density at radius 1 is 1.19 bits per heavy atom. The molecule has 1 aromatic carbocycles. The molecule has 1 aliphatic rings. The average molecular weight is 447 g/mol. The third-order valence-corrected chi connectivity index (χ3v) is 5.68. The number of rotatable bonds is 4. The van der Waals surface area contributed by atoms with Crippen LogP contribution in [0, 0.1) is 0 Å². The van der Waals surface area contributed by atoms with E-state index in [1.807, 2.05) is 16.9 Å². The fraction of sp³-hybridized carbons (Fsp3) is 0.409. The number of anilines is 2. The molecule has 0 bridgehead atoms. The highest BCUT2D eigenvalue weighted by Crippen LogP contribution is 2.34. The second-order valence-corrected chi connectivity index (χ2v) is 8.25. The van der Waals surface area contributed by atoms with Gasteiger partial charge in [0.2, 0.25) is 0 Å². The summed E-state index contributed by atoms with van der Waals surface area (Å²) in [6.45, 7) is 0. The van der Waals surface area contributed by atoms with Gasteiger partial charge in [-0.05, 0) is 49.9 Å². The highest BCUT2D eigenvalue weighted by atomic mass is 19.4. The number of hydrogen-bond donors (Lipinski definition) is 2. The van der Waals surface area contributed by atoms with E-state index in [0.29, 0.717) is 11.4 Å². The fourth-order valence-electron chi connectivity index (χ4n) is 3.97. The van der Waals surface area contributed by atoms with Gasteiger partial charge in [-0.15, -0.1) is 0 Å². The first-order valence-electron chi connectivity index (χ1n) is 10.4. The van der Waals surface area contributed by atoms with Crippen LogP contribution in [0.4, 0.5) is 24.5 Å². The van der Waals surface area contributed by atoms with Crippen LogP contribution in [-0.4, -0.2) is 46.0 Å². The lowest BCUT2D eigenvalue weighted by Crippen LogP contribution is -2.21. The topological polar surface area (TPSA) is 83.3 Å². The number of aliphatic hydroxyl groups is 1. The Balaban J connectivity index is 1.64. The number of hydrogen-bond acceptors (Lipinski definition) is 5. The molecule has 1 fully saturated rings. The van der Waals surface area contributed by atoms with Gasteiger partial charge in [0.1, 0.15) is 11.4 Å². The predicted octanol–water partition coefficient (Wildman–Crippen LogP) is 4.24. The van der Waals surface area contributed by atoms with Gasteiger partial charge in [-0.3, -0.25) is 9.48 Å². The van der Waals surface area contributed by atoms with Crippen molar-refractivity contribution in [1.82, 2.24) is 14.8 Å². The molecule has 1 amide bonds. The summed E-state index contributed by atoms with van der Waals surface area (Å²) in [6, 6.07) is 7.02. The van der Waals surface area contributed by atoms with Crippen LogP contribution in [0.15, 0.2) is 36.5 Å². The first-order chi connectivity index (χ1) is 15.1. The van der Waals surface area contributed by atoms with E-state index in [1.165, 1.54) is 6.07 Å². The highest BCUT2D eigenvalue weighted by molar-refractivity contribution is 6.06. The highest BCUT2D eigenvalue weighted by Gasteiger charge is 2.33. The third kappa shape index (κ3) is 4.55. The molecule has 3 aromatic rings. The number of nitrogens with zero attached hydrogens (tertiary/aromatic N) is 4. The van der Waals surface area contributed by atoms with Crippen LogP contribution in [0.3, 0.4) is 0 Å². The molecular weight excluding hydrogens is 423 g/mol. The molecule has 4 rings (SSSR count). The summed E-state index contributed by atoms with van der Waals surface area (Å²) < 4.78 is 40.8. The molecule has 0 saturated heterocycles. The van der Waals surface area contributed by atoms with Crippen molar-refractivity contribution in [3.63, 3.8) is 0 Å². The molecule has 0 aliphatic heterocycles. The smallest absolute Gasteiger partial charge is 0.393 e. The number of carbonyl (C=O) groups excluding carboxylic acids is 1. The van der Waals surface area contributed by atoms with Gasteiger partial charge < -0.3 is 15.3 Å². The van der Waals surface area contributed by atoms with Crippen molar-refractivity contribution in [2.45, 2.75) is 44.0 Å². The lowest BCUT2D eigenvalue weighted by atomic mass is 9.93. The molecular formula is C22H24F3N5O2. The van der Waals surface area contributed by atoms with E-state index in [9.17, 15) is 23.1 Å². The minimum atomic E-state index is -4.63. The number of halogens is 3. The molecule has 1 saturated carbocycles. The molecule has 0 radical (unpaired) electrons. The van der Waals surface area contributed by atoms with Gasteiger partial charge in [0, 0.05) is 25.7 Å². The van der Waals surface area contributed by atoms with E-state index in [2.05, 4.69) is 15.4 Å². The Labute approximate surface area is 182 Å². The standard InChI is InChI=1S/C22H24F3N5O2/c1-29(2)19-11-17-13(12-30(28-17)14-6-8-15(31)9-7-14)10-18(19)27-21(32)16-4-3-5-20(26-16)22(23,24)25/h3-5,10-12,14-15,31H,6-9H2,1-2H3,(H,27,32)/t14-,15-. The molecule has 0 spiro atoms. The van der Waals surface area contributed by atoms with Gasteiger partial charge in [0.05, 0.1) is 29.0 Å². The van der Waals surface area contributed by atoms with Crippen LogP contribution >= 0.6 is 0 Å². The molecule has 0 atom stereocenters. The third-order valence-electron chi connectivity index (χ3n) is 5.68. The Hall–Kier alpha value is -3.14. The largest absolute Gasteiger partial charge is 0.433 e. The van der Waals surface area contributed by atoms with Gasteiger partial charge in [-0.2, -0.15) is 18.3 Å². The van der Waals surface area contributed by atoms with Crippen LogP contribution < -0.4 is 10.2 Å². The first-order valence-corrected chi connectivity index (χ1v) is 10.4. The Morgan fingerprint density at radius 3 is 2.56 bits per heavy atom. The number of amides is 1. The zero-order valence-corrected chi connectivity index (χ0v) is 17.7. The van der Waals surface area contributed by atoms with Crippen molar-refractivity contribution in [1.29, 1.82) is 0 Å². The summed E-state index contributed by atoms with van der Waals surface area (Å²) in [5.74, 6) is -0.729. The van der Waals surface area contributed by atoms with Gasteiger partial charge in [0.15, 0.2) is 0 Å². The number of alkyl halides is 3. The number of benzene rings is 1. The SMILES string of the molecule is CN(C)c1cc2nn([C@H]3CC[C@H](O)CC3)cc2cc1NC(=O)c1cccc(C(F)(F)F)n1. The molecule has 2 N–H and O–H groups in total. The summed E-state index contributed by atoms with van der Waals surface area (Å²) in [4.78, 5) is 17.9. The lowest BCUT2D eigenvalue weighted by Gasteiger charge is -2.25. The molecule has 2 heterocycles. The van der Waals surface area contributed by atoms with Crippen molar-refractivity contribution in [3.8, 4) is 0 Å². The predicted molar refractivity (Wildman–Crippen MR) is 115 cm³/mol. The van der Waals surface area contributed by atoms with Crippen molar-refractivity contribution in [2.75, 3.05) is 24.3 Å². The zero-order valence-electron chi connectivity index (χ0n) is 17.7. The minimum Gasteiger partial charge on any atom is -0.393 e. The average Bonchev–Trinajstić information content (AvgIpc) is 3.16. The number of carbonyl (C=O) groups is 1. The molecule has 1 aliphatic carbocycles. The van der Waals surface area contributed by atoms with Crippen LogP contribution in [-0.2, 0) is 6.18 Å². The first kappa shape index (κ1) is 22.1. The summed E-state index contributed by atoms with van der Waals surface area (Å²) in [7, 11) is 3.61. The van der Waals surface area contributed by atoms with Crippen LogP contribution in [0.1, 0.15) is 47.9 Å². The molecule has 32 heavy (non-hydrogen) atoms. The van der Waals surface area contributed by atoms with Crippen molar-refractivity contribution in [3.05, 3.63) is 47.9 Å². The molecule has 10 heteroatoms. The Morgan fingerprint density at radius 2 is 1.91 bits per heavy atom. The quantitative estimate of drug-likeness (QED) is 0.625. The van der Waals surface area contributed by atoms with Crippen LogP contribution in [0.5, 0.6) is 0 Å². The number of pyridine rings is 1. The van der Waals surface area contributed by atoms with E-state index in [0.717, 1.165) is 48.7 Å². The Bertz CT molecular complexity index is 1130. The maximum Gasteiger partial charge on any atom is 0.433 e. The van der Waals surface area contributed by atoms with Gasteiger partial charge in [-0.25, -0.2) is 4.98 Å². The van der Waals surface area contributed by atoms with E-state index >= 15 is 0 Å². The van der Waals surface area contributed by atoms with Crippen molar-refractivity contribution in [2.24, 2.45) is 0 Å². The van der Waals surface area contributed by atoms with E-state index in [4.69, 9.17) is 0 Å². The number of nitrogens with one attached hydrogen (secondary N) is 1. The normalized spacial score (nSPS) is 19.2. The lowest BCUT2D eigenvalue weighted by molar-refractivity contribution is -0.141. The second-order valence-electron chi connectivity index (χ2n) is 8.25. The van der Waals surface area contributed by atoms with E-state index in [1.54, 1.807) is 25.1 Å². The monoisotopic (exact) mass is 447 g/mol. The molecule has 7 nitrogen and oxygen atoms in total. The Kier molecular flexibility index (Phi) is 5.81. The van der Waals surface area contributed by atoms with Gasteiger partial charge in [0.25, 0.3) is 5.91 Å². The second kappa shape index (κ2) is 8.42. The molecule has 2 aromatic heterocycles. The maximum atomic E-state index is 13.0. The fourth-order valence-corrected chi connectivity index (χ4v) is 3.97. The van der Waals surface area contributed by atoms with Crippen molar-refractivity contribution >= 4 is 28.2 Å². The van der Waals surface area contributed by atoms with Crippen molar-refractivity contribution < 1.29 is 23.1 Å².